The standard InChI is InChI=1S/C19H20FNO3/c1-4-5-14-7-9-17(18(11-14)23-3)24-12-19(22)21-16-10-13(2)6-8-15(16)20/h4,6-11H,1,5,12H2,2-3H3,(H,21,22). The molecule has 24 heavy (non-hydrogen) atoms. The molecule has 0 aliphatic heterocycles. The quantitative estimate of drug-likeness (QED) is 0.784. The molecule has 0 fully saturated rings. The molecule has 2 rings (SSSR count). The number of aryl methyl sites for hydroxylation is 1. The minimum absolute atomic E-state index is 0.136. The molecule has 0 heterocycles. The van der Waals surface area contributed by atoms with Crippen LogP contribution in [0.15, 0.2) is 49.1 Å². The molecule has 0 saturated heterocycles. The third-order valence-electron chi connectivity index (χ3n) is 3.36. The van der Waals surface area contributed by atoms with Gasteiger partial charge in [-0.15, -0.1) is 6.58 Å². The van der Waals surface area contributed by atoms with Gasteiger partial charge in [-0.25, -0.2) is 4.39 Å². The van der Waals surface area contributed by atoms with Crippen LogP contribution < -0.4 is 14.8 Å². The van der Waals surface area contributed by atoms with Gasteiger partial charge in [0.1, 0.15) is 5.82 Å². The second-order valence-electron chi connectivity index (χ2n) is 5.30. The van der Waals surface area contributed by atoms with Crippen LogP contribution in [0.2, 0.25) is 0 Å². The SMILES string of the molecule is C=CCc1ccc(OCC(=O)Nc2cc(C)ccc2F)c(OC)c1. The highest BCUT2D eigenvalue weighted by Gasteiger charge is 2.11. The average Bonchev–Trinajstić information content (AvgIpc) is 2.57. The molecule has 0 aliphatic carbocycles. The lowest BCUT2D eigenvalue weighted by Gasteiger charge is -2.12. The summed E-state index contributed by atoms with van der Waals surface area (Å²) in [6.07, 6.45) is 2.50. The maximum absolute atomic E-state index is 13.6. The average molecular weight is 329 g/mol. The summed E-state index contributed by atoms with van der Waals surface area (Å²) in [6, 6.07) is 9.95. The number of carbonyl (C=O) groups is 1. The highest BCUT2D eigenvalue weighted by Crippen LogP contribution is 2.28. The number of benzene rings is 2. The van der Waals surface area contributed by atoms with Crippen LogP contribution in [-0.2, 0) is 11.2 Å². The van der Waals surface area contributed by atoms with Gasteiger partial charge < -0.3 is 14.8 Å². The van der Waals surface area contributed by atoms with Gasteiger partial charge in [-0.05, 0) is 48.7 Å². The summed E-state index contributed by atoms with van der Waals surface area (Å²) in [7, 11) is 1.53. The number of ether oxygens (including phenoxy) is 2. The predicted octanol–water partition coefficient (Wildman–Crippen LogP) is 3.89. The Bertz CT molecular complexity index is 743. The normalized spacial score (nSPS) is 10.1. The Balaban J connectivity index is 2.01. The third-order valence-corrected chi connectivity index (χ3v) is 3.36. The van der Waals surface area contributed by atoms with E-state index in [9.17, 15) is 9.18 Å². The van der Waals surface area contributed by atoms with Gasteiger partial charge in [0.15, 0.2) is 18.1 Å². The van der Waals surface area contributed by atoms with Gasteiger partial charge in [0, 0.05) is 0 Å². The second-order valence-corrected chi connectivity index (χ2v) is 5.30. The van der Waals surface area contributed by atoms with Crippen molar-refractivity contribution in [3.05, 3.63) is 66.0 Å². The molecule has 0 aliphatic rings. The zero-order chi connectivity index (χ0) is 17.5. The molecule has 0 aromatic heterocycles. The number of halogens is 1. The fourth-order valence-electron chi connectivity index (χ4n) is 2.19. The first-order chi connectivity index (χ1) is 11.5. The first-order valence-corrected chi connectivity index (χ1v) is 7.50. The maximum Gasteiger partial charge on any atom is 0.262 e. The van der Waals surface area contributed by atoms with Gasteiger partial charge in [-0.3, -0.25) is 4.79 Å². The Kier molecular flexibility index (Phi) is 5.95. The van der Waals surface area contributed by atoms with Crippen molar-refractivity contribution in [2.45, 2.75) is 13.3 Å². The number of allylic oxidation sites excluding steroid dienone is 1. The fraction of sp³-hybridized carbons (Fsp3) is 0.211. The van der Waals surface area contributed by atoms with Crippen LogP contribution in [0.1, 0.15) is 11.1 Å². The molecular formula is C19H20FNO3. The lowest BCUT2D eigenvalue weighted by molar-refractivity contribution is -0.118. The molecule has 4 nitrogen and oxygen atoms in total. The summed E-state index contributed by atoms with van der Waals surface area (Å²) in [5.41, 5.74) is 2.02. The van der Waals surface area contributed by atoms with E-state index in [0.717, 1.165) is 11.1 Å². The highest BCUT2D eigenvalue weighted by atomic mass is 19.1. The Morgan fingerprint density at radius 3 is 2.75 bits per heavy atom. The second kappa shape index (κ2) is 8.15. The van der Waals surface area contributed by atoms with Crippen LogP contribution in [0.5, 0.6) is 11.5 Å². The van der Waals surface area contributed by atoms with Gasteiger partial charge in [0.2, 0.25) is 0 Å². The van der Waals surface area contributed by atoms with E-state index in [-0.39, 0.29) is 12.3 Å². The van der Waals surface area contributed by atoms with Crippen molar-refractivity contribution >= 4 is 11.6 Å². The monoisotopic (exact) mass is 329 g/mol. The van der Waals surface area contributed by atoms with Gasteiger partial charge in [-0.1, -0.05) is 18.2 Å². The number of nitrogens with one attached hydrogen (secondary N) is 1. The minimum atomic E-state index is -0.486. The number of rotatable bonds is 7. The molecular weight excluding hydrogens is 309 g/mol. The van der Waals surface area contributed by atoms with E-state index >= 15 is 0 Å². The van der Waals surface area contributed by atoms with Crippen LogP contribution in [-0.4, -0.2) is 19.6 Å². The van der Waals surface area contributed by atoms with Crippen LogP contribution in [0.3, 0.4) is 0 Å². The molecule has 2 aromatic carbocycles. The summed E-state index contributed by atoms with van der Waals surface area (Å²) in [5.74, 6) is 0.0473. The van der Waals surface area contributed by atoms with Crippen molar-refractivity contribution < 1.29 is 18.7 Å². The fourth-order valence-corrected chi connectivity index (χ4v) is 2.19. The Hall–Kier alpha value is -2.82. The summed E-state index contributed by atoms with van der Waals surface area (Å²) in [5, 5.41) is 2.50. The largest absolute Gasteiger partial charge is 0.493 e. The van der Waals surface area contributed by atoms with Crippen LogP contribution in [0.4, 0.5) is 10.1 Å². The minimum Gasteiger partial charge on any atom is -0.493 e. The lowest BCUT2D eigenvalue weighted by atomic mass is 10.1. The molecule has 126 valence electrons. The van der Waals surface area contributed by atoms with Crippen LogP contribution >= 0.6 is 0 Å². The number of methoxy groups -OCH3 is 1. The molecule has 1 N–H and O–H groups in total. The van der Waals surface area contributed by atoms with Crippen LogP contribution in [0, 0.1) is 12.7 Å². The molecule has 1 amide bonds. The van der Waals surface area contributed by atoms with Crippen molar-refractivity contribution in [2.75, 3.05) is 19.0 Å². The highest BCUT2D eigenvalue weighted by molar-refractivity contribution is 5.92. The Morgan fingerprint density at radius 2 is 2.04 bits per heavy atom. The van der Waals surface area contributed by atoms with Gasteiger partial charge in [-0.2, -0.15) is 0 Å². The molecule has 5 heteroatoms. The zero-order valence-corrected chi connectivity index (χ0v) is 13.8. The number of hydrogen-bond acceptors (Lipinski definition) is 3. The van der Waals surface area contributed by atoms with Crippen molar-refractivity contribution in [2.24, 2.45) is 0 Å². The molecule has 0 saturated carbocycles. The molecule has 0 atom stereocenters. The van der Waals surface area contributed by atoms with E-state index in [4.69, 9.17) is 9.47 Å². The molecule has 0 unspecified atom stereocenters. The topological polar surface area (TPSA) is 47.6 Å². The van der Waals surface area contributed by atoms with E-state index in [1.807, 2.05) is 19.1 Å². The van der Waals surface area contributed by atoms with Gasteiger partial charge in [0.25, 0.3) is 5.91 Å². The Labute approximate surface area is 140 Å². The zero-order valence-electron chi connectivity index (χ0n) is 13.8. The van der Waals surface area contributed by atoms with Gasteiger partial charge >= 0.3 is 0 Å². The third kappa shape index (κ3) is 4.59. The van der Waals surface area contributed by atoms with E-state index in [1.54, 1.807) is 24.3 Å². The lowest BCUT2D eigenvalue weighted by Crippen LogP contribution is -2.21. The van der Waals surface area contributed by atoms with Gasteiger partial charge in [0.05, 0.1) is 12.8 Å². The first-order valence-electron chi connectivity index (χ1n) is 7.50. The number of anilines is 1. The van der Waals surface area contributed by atoms with E-state index in [2.05, 4.69) is 11.9 Å². The summed E-state index contributed by atoms with van der Waals surface area (Å²) in [6.45, 7) is 5.27. The maximum atomic E-state index is 13.6. The summed E-state index contributed by atoms with van der Waals surface area (Å²) < 4.78 is 24.4. The van der Waals surface area contributed by atoms with Crippen LogP contribution in [0.25, 0.3) is 0 Å². The first kappa shape index (κ1) is 17.5. The van der Waals surface area contributed by atoms with Crippen molar-refractivity contribution in [1.82, 2.24) is 0 Å². The molecule has 2 aromatic rings. The molecule has 0 bridgehead atoms. The van der Waals surface area contributed by atoms with E-state index in [0.29, 0.717) is 17.9 Å². The van der Waals surface area contributed by atoms with E-state index in [1.165, 1.54) is 13.2 Å². The smallest absolute Gasteiger partial charge is 0.262 e. The van der Waals surface area contributed by atoms with Crippen molar-refractivity contribution in [1.29, 1.82) is 0 Å². The molecule has 0 spiro atoms. The number of hydrogen-bond donors (Lipinski definition) is 1. The summed E-state index contributed by atoms with van der Waals surface area (Å²) in [4.78, 5) is 12.0. The number of amides is 1. The predicted molar refractivity (Wildman–Crippen MR) is 92.2 cm³/mol. The molecule has 0 radical (unpaired) electrons. The number of carbonyl (C=O) groups excluding carboxylic acids is 1. The van der Waals surface area contributed by atoms with E-state index < -0.39 is 11.7 Å². The van der Waals surface area contributed by atoms with Crippen molar-refractivity contribution in [3.63, 3.8) is 0 Å². The Morgan fingerprint density at radius 1 is 1.25 bits per heavy atom. The summed E-state index contributed by atoms with van der Waals surface area (Å²) >= 11 is 0. The van der Waals surface area contributed by atoms with Crippen molar-refractivity contribution in [3.8, 4) is 11.5 Å².